The third-order valence-electron chi connectivity index (χ3n) is 1.91. The molecule has 0 saturated carbocycles. The number of pyridine rings is 1. The third kappa shape index (κ3) is 1.72. The van der Waals surface area contributed by atoms with Crippen molar-refractivity contribution in [3.05, 3.63) is 28.6 Å². The lowest BCUT2D eigenvalue weighted by Gasteiger charge is -2.07. The molecule has 0 amide bonds. The first-order valence-electron chi connectivity index (χ1n) is 4.07. The number of rotatable bonds is 2. The van der Waals surface area contributed by atoms with Gasteiger partial charge in [-0.25, -0.2) is 0 Å². The van der Waals surface area contributed by atoms with Gasteiger partial charge in [0.1, 0.15) is 0 Å². The lowest BCUT2D eigenvalue weighted by molar-refractivity contribution is -0.645. The maximum atomic E-state index is 11.1. The Morgan fingerprint density at radius 1 is 1.58 bits per heavy atom. The van der Waals surface area contributed by atoms with Crippen LogP contribution in [0.1, 0.15) is 24.5 Å². The standard InChI is InChI=1S/C9H13NOS/c1-3-4-8-7(2)5-6-10(11)9(8)12/h5-6,12H,3-4H2,1-2H3. The van der Waals surface area contributed by atoms with Crippen molar-refractivity contribution in [2.24, 2.45) is 0 Å². The molecule has 0 spiro atoms. The lowest BCUT2D eigenvalue weighted by atomic mass is 10.1. The second-order valence-corrected chi connectivity index (χ2v) is 3.30. The minimum Gasteiger partial charge on any atom is -0.618 e. The zero-order chi connectivity index (χ0) is 9.14. The molecule has 0 fully saturated rings. The van der Waals surface area contributed by atoms with E-state index in [-0.39, 0.29) is 0 Å². The van der Waals surface area contributed by atoms with Crippen molar-refractivity contribution in [3.63, 3.8) is 0 Å². The summed E-state index contributed by atoms with van der Waals surface area (Å²) in [6, 6.07) is 1.83. The molecule has 1 heterocycles. The van der Waals surface area contributed by atoms with Gasteiger partial charge in [-0.1, -0.05) is 26.0 Å². The second-order valence-electron chi connectivity index (χ2n) is 2.88. The Bertz CT molecular complexity index is 286. The van der Waals surface area contributed by atoms with Gasteiger partial charge in [0.15, 0.2) is 6.20 Å². The van der Waals surface area contributed by atoms with Crippen LogP contribution < -0.4 is 4.73 Å². The Hall–Kier alpha value is -0.700. The van der Waals surface area contributed by atoms with E-state index in [1.54, 1.807) is 0 Å². The number of hydrogen-bond acceptors (Lipinski definition) is 2. The summed E-state index contributed by atoms with van der Waals surface area (Å²) in [5.41, 5.74) is 2.22. The fraction of sp³-hybridized carbons (Fsp3) is 0.444. The first-order chi connectivity index (χ1) is 5.66. The van der Waals surface area contributed by atoms with E-state index in [0.717, 1.165) is 28.7 Å². The summed E-state index contributed by atoms with van der Waals surface area (Å²) in [5, 5.41) is 11.6. The van der Waals surface area contributed by atoms with Gasteiger partial charge in [0.2, 0.25) is 0 Å². The Balaban J connectivity index is 3.14. The number of nitrogens with zero attached hydrogens (tertiary/aromatic N) is 1. The Morgan fingerprint density at radius 2 is 2.25 bits per heavy atom. The van der Waals surface area contributed by atoms with Gasteiger partial charge in [0, 0.05) is 11.6 Å². The second kappa shape index (κ2) is 3.81. The molecule has 0 aliphatic rings. The van der Waals surface area contributed by atoms with Crippen LogP contribution in [0, 0.1) is 12.1 Å². The molecule has 0 radical (unpaired) electrons. The van der Waals surface area contributed by atoms with Gasteiger partial charge >= 0.3 is 0 Å². The molecule has 0 aromatic carbocycles. The van der Waals surface area contributed by atoms with Gasteiger partial charge in [-0.2, -0.15) is 4.73 Å². The highest BCUT2D eigenvalue weighted by molar-refractivity contribution is 7.80. The first kappa shape index (κ1) is 9.39. The smallest absolute Gasteiger partial charge is 0.251 e. The predicted molar refractivity (Wildman–Crippen MR) is 51.4 cm³/mol. The molecule has 0 saturated heterocycles. The molecule has 0 aliphatic heterocycles. The zero-order valence-corrected chi connectivity index (χ0v) is 8.27. The van der Waals surface area contributed by atoms with Crippen LogP contribution in [0.2, 0.25) is 0 Å². The van der Waals surface area contributed by atoms with Crippen LogP contribution in [0.4, 0.5) is 0 Å². The SMILES string of the molecule is CCCc1c(C)cc[n+]([O-])c1S. The molecule has 0 N–H and O–H groups in total. The van der Waals surface area contributed by atoms with Gasteiger partial charge in [-0.15, -0.1) is 0 Å². The molecule has 1 rings (SSSR count). The van der Waals surface area contributed by atoms with E-state index in [9.17, 15) is 5.21 Å². The summed E-state index contributed by atoms with van der Waals surface area (Å²) in [7, 11) is 0. The van der Waals surface area contributed by atoms with E-state index >= 15 is 0 Å². The summed E-state index contributed by atoms with van der Waals surface area (Å²) in [5.74, 6) is 0. The quantitative estimate of drug-likeness (QED) is 0.423. The van der Waals surface area contributed by atoms with Crippen molar-refractivity contribution in [2.45, 2.75) is 31.7 Å². The highest BCUT2D eigenvalue weighted by Gasteiger charge is 2.09. The van der Waals surface area contributed by atoms with E-state index < -0.39 is 0 Å². The molecule has 3 heteroatoms. The topological polar surface area (TPSA) is 26.9 Å². The van der Waals surface area contributed by atoms with Crippen LogP contribution in [-0.4, -0.2) is 0 Å². The zero-order valence-electron chi connectivity index (χ0n) is 7.37. The van der Waals surface area contributed by atoms with Gasteiger partial charge in [-0.3, -0.25) is 0 Å². The van der Waals surface area contributed by atoms with Gasteiger partial charge in [-0.05, 0) is 18.9 Å². The number of thiol groups is 1. The largest absolute Gasteiger partial charge is 0.618 e. The van der Waals surface area contributed by atoms with Crippen molar-refractivity contribution in [1.29, 1.82) is 0 Å². The molecule has 1 aromatic rings. The third-order valence-corrected chi connectivity index (χ3v) is 2.38. The van der Waals surface area contributed by atoms with Gasteiger partial charge < -0.3 is 5.21 Å². The van der Waals surface area contributed by atoms with E-state index in [1.165, 1.54) is 6.20 Å². The summed E-state index contributed by atoms with van der Waals surface area (Å²) in [6.07, 6.45) is 3.46. The first-order valence-corrected chi connectivity index (χ1v) is 4.52. The van der Waals surface area contributed by atoms with Crippen molar-refractivity contribution in [3.8, 4) is 0 Å². The van der Waals surface area contributed by atoms with Crippen molar-refractivity contribution in [2.75, 3.05) is 0 Å². The van der Waals surface area contributed by atoms with Gasteiger partial charge in [0.25, 0.3) is 5.03 Å². The highest BCUT2D eigenvalue weighted by atomic mass is 32.1. The molecule has 0 bridgehead atoms. The molecule has 66 valence electrons. The number of aromatic nitrogens is 1. The molecule has 0 aliphatic carbocycles. The minimum atomic E-state index is 0.539. The van der Waals surface area contributed by atoms with Crippen LogP contribution in [-0.2, 0) is 6.42 Å². The normalized spacial score (nSPS) is 10.2. The Morgan fingerprint density at radius 3 is 2.83 bits per heavy atom. The summed E-state index contributed by atoms with van der Waals surface area (Å²) < 4.78 is 0.807. The molecule has 0 atom stereocenters. The van der Waals surface area contributed by atoms with Crippen LogP contribution in [0.3, 0.4) is 0 Å². The van der Waals surface area contributed by atoms with E-state index in [0.29, 0.717) is 5.03 Å². The highest BCUT2D eigenvalue weighted by Crippen LogP contribution is 2.15. The number of hydrogen-bond donors (Lipinski definition) is 1. The van der Waals surface area contributed by atoms with Crippen LogP contribution in [0.15, 0.2) is 17.3 Å². The lowest BCUT2D eigenvalue weighted by Crippen LogP contribution is -2.29. The van der Waals surface area contributed by atoms with Crippen LogP contribution in [0.25, 0.3) is 0 Å². The summed E-state index contributed by atoms with van der Waals surface area (Å²) in [6.45, 7) is 4.10. The average molecular weight is 183 g/mol. The molecular formula is C9H13NOS. The molecule has 1 aromatic heterocycles. The van der Waals surface area contributed by atoms with Crippen molar-refractivity contribution in [1.82, 2.24) is 0 Å². The molecular weight excluding hydrogens is 170 g/mol. The molecule has 2 nitrogen and oxygen atoms in total. The van der Waals surface area contributed by atoms with Crippen molar-refractivity contribution < 1.29 is 4.73 Å². The summed E-state index contributed by atoms with van der Waals surface area (Å²) >= 11 is 4.17. The maximum absolute atomic E-state index is 11.1. The Labute approximate surface area is 78.2 Å². The fourth-order valence-electron chi connectivity index (χ4n) is 1.22. The van der Waals surface area contributed by atoms with Crippen LogP contribution in [0.5, 0.6) is 0 Å². The van der Waals surface area contributed by atoms with E-state index in [1.807, 2.05) is 13.0 Å². The molecule has 0 unspecified atom stereocenters. The van der Waals surface area contributed by atoms with Gasteiger partial charge in [0.05, 0.1) is 0 Å². The fourth-order valence-corrected chi connectivity index (χ4v) is 1.57. The van der Waals surface area contributed by atoms with Crippen molar-refractivity contribution >= 4 is 12.6 Å². The predicted octanol–water partition coefficient (Wildman–Crippen LogP) is 1.87. The maximum Gasteiger partial charge on any atom is 0.251 e. The van der Waals surface area contributed by atoms with E-state index in [2.05, 4.69) is 19.6 Å². The molecule has 12 heavy (non-hydrogen) atoms. The number of aryl methyl sites for hydroxylation is 1. The Kier molecular flexibility index (Phi) is 2.98. The minimum absolute atomic E-state index is 0.539. The van der Waals surface area contributed by atoms with E-state index in [4.69, 9.17) is 0 Å². The van der Waals surface area contributed by atoms with Crippen LogP contribution >= 0.6 is 12.6 Å². The average Bonchev–Trinajstić information content (AvgIpc) is 2.06. The monoisotopic (exact) mass is 183 g/mol. The summed E-state index contributed by atoms with van der Waals surface area (Å²) in [4.78, 5) is 0.